The smallest absolute Gasteiger partial charge is 0.0725 e. The minimum Gasteiger partial charge on any atom is -0.389 e. The van der Waals surface area contributed by atoms with E-state index in [-0.39, 0.29) is 6.10 Å². The molecule has 0 radical (unpaired) electrons. The molecule has 1 nitrogen and oxygen atoms in total. The van der Waals surface area contributed by atoms with Gasteiger partial charge in [-0.25, -0.2) is 0 Å². The van der Waals surface area contributed by atoms with Crippen LogP contribution in [0, 0.1) is 0 Å². The van der Waals surface area contributed by atoms with Gasteiger partial charge in [-0.3, -0.25) is 0 Å². The van der Waals surface area contributed by atoms with Crippen molar-refractivity contribution in [2.45, 2.75) is 77.2 Å². The topological polar surface area (TPSA) is 20.2 Å². The van der Waals surface area contributed by atoms with Gasteiger partial charge in [0.1, 0.15) is 0 Å². The molecule has 0 fully saturated rings. The maximum absolute atomic E-state index is 9.68. The molecule has 0 saturated heterocycles. The molecule has 0 bridgehead atoms. The maximum Gasteiger partial charge on any atom is 0.0725 e. The Kier molecular flexibility index (Phi) is 8.08. The molecule has 1 aliphatic rings. The lowest BCUT2D eigenvalue weighted by Crippen LogP contribution is -2.04. The van der Waals surface area contributed by atoms with Crippen LogP contribution in [0.2, 0.25) is 0 Å². The van der Waals surface area contributed by atoms with Crippen molar-refractivity contribution in [3.8, 4) is 0 Å². The van der Waals surface area contributed by atoms with Gasteiger partial charge < -0.3 is 5.11 Å². The van der Waals surface area contributed by atoms with Gasteiger partial charge in [-0.05, 0) is 38.2 Å². The fraction of sp³-hybridized carbons (Fsp3) is 0.750. The van der Waals surface area contributed by atoms with Crippen molar-refractivity contribution in [3.05, 3.63) is 23.8 Å². The van der Waals surface area contributed by atoms with Crippen LogP contribution < -0.4 is 0 Å². The van der Waals surface area contributed by atoms with E-state index in [0.29, 0.717) is 0 Å². The van der Waals surface area contributed by atoms with Crippen LogP contribution in [0.1, 0.15) is 71.1 Å². The molecule has 1 N–H and O–H groups in total. The summed E-state index contributed by atoms with van der Waals surface area (Å²) in [6.07, 6.45) is 19.2. The quantitative estimate of drug-likeness (QED) is 0.695. The molecule has 1 atom stereocenters. The lowest BCUT2D eigenvalue weighted by atomic mass is 10.00. The summed E-state index contributed by atoms with van der Waals surface area (Å²) in [5.41, 5.74) is 1.19. The third-order valence-electron chi connectivity index (χ3n) is 3.57. The van der Waals surface area contributed by atoms with Crippen LogP contribution in [0.25, 0.3) is 0 Å². The highest BCUT2D eigenvalue weighted by Gasteiger charge is 2.03. The first-order chi connectivity index (χ1) is 8.30. The van der Waals surface area contributed by atoms with Crippen LogP contribution in [0.5, 0.6) is 0 Å². The van der Waals surface area contributed by atoms with E-state index in [4.69, 9.17) is 0 Å². The second-order valence-corrected chi connectivity index (χ2v) is 5.21. The lowest BCUT2D eigenvalue weighted by molar-refractivity contribution is 0.226. The predicted molar refractivity (Wildman–Crippen MR) is 75.1 cm³/mol. The van der Waals surface area contributed by atoms with Gasteiger partial charge in [-0.2, -0.15) is 0 Å². The number of rotatable bonds is 1. The van der Waals surface area contributed by atoms with Crippen molar-refractivity contribution in [1.82, 2.24) is 0 Å². The zero-order valence-electron chi connectivity index (χ0n) is 11.3. The average Bonchev–Trinajstić information content (AvgIpc) is 2.31. The van der Waals surface area contributed by atoms with Crippen molar-refractivity contribution in [2.75, 3.05) is 0 Å². The van der Waals surface area contributed by atoms with E-state index in [1.807, 2.05) is 6.92 Å². The first-order valence-electron chi connectivity index (χ1n) is 7.34. The Morgan fingerprint density at radius 2 is 1.53 bits per heavy atom. The second kappa shape index (κ2) is 9.47. The molecule has 0 saturated carbocycles. The minimum atomic E-state index is -0.285. The second-order valence-electron chi connectivity index (χ2n) is 5.21. The number of hydrogen-bond acceptors (Lipinski definition) is 1. The molecule has 17 heavy (non-hydrogen) atoms. The summed E-state index contributed by atoms with van der Waals surface area (Å²) >= 11 is 0. The van der Waals surface area contributed by atoms with Crippen LogP contribution in [-0.4, -0.2) is 11.2 Å². The van der Waals surface area contributed by atoms with Gasteiger partial charge in [-0.15, -0.1) is 0 Å². The van der Waals surface area contributed by atoms with Gasteiger partial charge in [0, 0.05) is 0 Å². The highest BCUT2D eigenvalue weighted by molar-refractivity contribution is 5.15. The van der Waals surface area contributed by atoms with E-state index < -0.39 is 0 Å². The molecule has 1 heteroatoms. The summed E-state index contributed by atoms with van der Waals surface area (Å²) in [5, 5.41) is 9.68. The summed E-state index contributed by atoms with van der Waals surface area (Å²) in [5.74, 6) is 0. The first kappa shape index (κ1) is 14.5. The van der Waals surface area contributed by atoms with Crippen molar-refractivity contribution in [3.63, 3.8) is 0 Å². The standard InChI is InChI=1S/C16H28O/c1-15(17)16-13-11-9-7-5-3-2-4-6-8-10-12-14-16/h9,11,13,15,17H,2-8,10,12,14H2,1H3. The number of hydrogen-bond donors (Lipinski definition) is 1. The highest BCUT2D eigenvalue weighted by atomic mass is 16.3. The van der Waals surface area contributed by atoms with E-state index in [9.17, 15) is 5.11 Å². The molecule has 98 valence electrons. The van der Waals surface area contributed by atoms with Gasteiger partial charge >= 0.3 is 0 Å². The van der Waals surface area contributed by atoms with Gasteiger partial charge in [-0.1, -0.05) is 56.8 Å². The summed E-state index contributed by atoms with van der Waals surface area (Å²) in [6, 6.07) is 0. The molecular formula is C16H28O. The molecule has 0 aromatic rings. The third kappa shape index (κ3) is 7.38. The van der Waals surface area contributed by atoms with Gasteiger partial charge in [0.15, 0.2) is 0 Å². The minimum absolute atomic E-state index is 0.285. The summed E-state index contributed by atoms with van der Waals surface area (Å²) in [6.45, 7) is 1.88. The third-order valence-corrected chi connectivity index (χ3v) is 3.57. The Balaban J connectivity index is 2.45. The SMILES string of the molecule is CC(O)C1=CC=CCCCCCCCCCC1. The fourth-order valence-corrected chi connectivity index (χ4v) is 2.37. The molecule has 1 rings (SSSR count). The van der Waals surface area contributed by atoms with E-state index in [1.165, 1.54) is 63.4 Å². The van der Waals surface area contributed by atoms with E-state index in [2.05, 4.69) is 18.2 Å². The van der Waals surface area contributed by atoms with E-state index in [1.54, 1.807) is 0 Å². The summed E-state index contributed by atoms with van der Waals surface area (Å²) in [4.78, 5) is 0. The van der Waals surface area contributed by atoms with Crippen molar-refractivity contribution < 1.29 is 5.11 Å². The van der Waals surface area contributed by atoms with Crippen molar-refractivity contribution in [2.24, 2.45) is 0 Å². The van der Waals surface area contributed by atoms with Crippen LogP contribution >= 0.6 is 0 Å². The predicted octanol–water partition coefficient (Wildman–Crippen LogP) is 4.76. The number of aliphatic hydroxyl groups excluding tert-OH is 1. The van der Waals surface area contributed by atoms with Crippen LogP contribution in [-0.2, 0) is 0 Å². The van der Waals surface area contributed by atoms with Crippen LogP contribution in [0.3, 0.4) is 0 Å². The average molecular weight is 236 g/mol. The summed E-state index contributed by atoms with van der Waals surface area (Å²) < 4.78 is 0. The molecule has 0 aromatic heterocycles. The number of aliphatic hydroxyl groups is 1. The maximum atomic E-state index is 9.68. The van der Waals surface area contributed by atoms with E-state index >= 15 is 0 Å². The van der Waals surface area contributed by atoms with Gasteiger partial charge in [0.25, 0.3) is 0 Å². The van der Waals surface area contributed by atoms with E-state index in [0.717, 1.165) is 6.42 Å². The number of allylic oxidation sites excluding steroid dienone is 3. The largest absolute Gasteiger partial charge is 0.389 e. The fourth-order valence-electron chi connectivity index (χ4n) is 2.37. The Morgan fingerprint density at radius 3 is 2.18 bits per heavy atom. The Hall–Kier alpha value is -0.560. The molecule has 0 spiro atoms. The zero-order chi connectivity index (χ0) is 12.3. The molecule has 0 aliphatic heterocycles. The monoisotopic (exact) mass is 236 g/mol. The lowest BCUT2D eigenvalue weighted by Gasteiger charge is -2.10. The molecule has 0 amide bonds. The van der Waals surface area contributed by atoms with Crippen LogP contribution in [0.4, 0.5) is 0 Å². The van der Waals surface area contributed by atoms with Crippen LogP contribution in [0.15, 0.2) is 23.8 Å². The Morgan fingerprint density at radius 1 is 0.941 bits per heavy atom. The zero-order valence-corrected chi connectivity index (χ0v) is 11.3. The first-order valence-corrected chi connectivity index (χ1v) is 7.34. The van der Waals surface area contributed by atoms with Gasteiger partial charge in [0.05, 0.1) is 6.10 Å². The molecular weight excluding hydrogens is 208 g/mol. The summed E-state index contributed by atoms with van der Waals surface area (Å²) in [7, 11) is 0. The molecule has 1 aliphatic carbocycles. The van der Waals surface area contributed by atoms with Crippen molar-refractivity contribution in [1.29, 1.82) is 0 Å². The highest BCUT2D eigenvalue weighted by Crippen LogP contribution is 2.16. The normalized spacial score (nSPS) is 22.6. The molecule has 0 aromatic carbocycles. The molecule has 1 unspecified atom stereocenters. The van der Waals surface area contributed by atoms with Crippen molar-refractivity contribution >= 4 is 0 Å². The molecule has 0 heterocycles. The van der Waals surface area contributed by atoms with Gasteiger partial charge in [0.2, 0.25) is 0 Å². The Bertz CT molecular complexity index is 238. The Labute approximate surface area is 107 Å².